The zero-order chi connectivity index (χ0) is 27.8. The Hall–Kier alpha value is -3.37. The average molecular weight is 514 g/mol. The minimum Gasteiger partial charge on any atom is -0.481 e. The molecule has 7 heteroatoms. The number of ether oxygens (including phenoxy) is 1. The van der Waals surface area contributed by atoms with E-state index in [4.69, 9.17) is 9.84 Å². The van der Waals surface area contributed by atoms with Gasteiger partial charge in [-0.15, -0.1) is 0 Å². The van der Waals surface area contributed by atoms with Gasteiger partial charge >= 0.3 is 11.9 Å². The molecule has 0 aliphatic carbocycles. The summed E-state index contributed by atoms with van der Waals surface area (Å²) in [5, 5.41) is 21.1. The first-order valence-electron chi connectivity index (χ1n) is 12.7. The molecular formula is C30H43NO6. The van der Waals surface area contributed by atoms with Crippen LogP contribution in [0.3, 0.4) is 0 Å². The maximum Gasteiger partial charge on any atom is 0.309 e. The van der Waals surface area contributed by atoms with Gasteiger partial charge in [-0.1, -0.05) is 93.4 Å². The van der Waals surface area contributed by atoms with Crippen LogP contribution in [0, 0.1) is 17.3 Å². The topological polar surface area (TPSA) is 113 Å². The van der Waals surface area contributed by atoms with Crippen LogP contribution in [0.5, 0.6) is 0 Å². The largest absolute Gasteiger partial charge is 0.481 e. The van der Waals surface area contributed by atoms with Gasteiger partial charge in [0.1, 0.15) is 6.10 Å². The van der Waals surface area contributed by atoms with E-state index in [1.807, 2.05) is 12.2 Å². The fourth-order valence-electron chi connectivity index (χ4n) is 2.74. The summed E-state index contributed by atoms with van der Waals surface area (Å²) in [6.45, 7) is 5.07. The molecule has 204 valence electrons. The third kappa shape index (κ3) is 20.5. The molecule has 1 unspecified atom stereocenters. The van der Waals surface area contributed by atoms with Crippen LogP contribution in [0.25, 0.3) is 0 Å². The normalized spacial score (nSPS) is 13.0. The number of allylic oxidation sites excluding steroid dienone is 9. The minimum atomic E-state index is -1.43. The highest BCUT2D eigenvalue weighted by molar-refractivity contribution is 5.82. The second kappa shape index (κ2) is 21.9. The smallest absolute Gasteiger partial charge is 0.309 e. The second-order valence-corrected chi connectivity index (χ2v) is 8.92. The molecule has 1 atom stereocenters. The SMILES string of the molecule is CCC=CCC#CCC=CCC=CCC=CCC=CCC(=O)OCC(C)(C)C(O)C(=O)NCCC(=O)O. The summed E-state index contributed by atoms with van der Waals surface area (Å²) < 4.78 is 5.19. The predicted octanol–water partition coefficient (Wildman–Crippen LogP) is 5.04. The van der Waals surface area contributed by atoms with Crippen LogP contribution in [0.2, 0.25) is 0 Å². The summed E-state index contributed by atoms with van der Waals surface area (Å²) >= 11 is 0. The van der Waals surface area contributed by atoms with Crippen molar-refractivity contribution in [2.45, 2.75) is 78.2 Å². The predicted molar refractivity (Wildman–Crippen MR) is 147 cm³/mol. The molecule has 0 rings (SSSR count). The Labute approximate surface area is 222 Å². The molecule has 0 fully saturated rings. The van der Waals surface area contributed by atoms with Crippen molar-refractivity contribution in [1.82, 2.24) is 5.32 Å². The minimum absolute atomic E-state index is 0.0816. The molecule has 0 saturated heterocycles. The zero-order valence-electron chi connectivity index (χ0n) is 22.4. The van der Waals surface area contributed by atoms with Gasteiger partial charge < -0.3 is 20.3 Å². The molecule has 0 bridgehead atoms. The van der Waals surface area contributed by atoms with Crippen molar-refractivity contribution in [3.05, 3.63) is 60.8 Å². The molecule has 0 aromatic carbocycles. The van der Waals surface area contributed by atoms with Gasteiger partial charge in [0.05, 0.1) is 19.4 Å². The number of hydrogen-bond acceptors (Lipinski definition) is 5. The first-order valence-corrected chi connectivity index (χ1v) is 12.7. The maximum atomic E-state index is 11.9. The molecule has 0 aromatic heterocycles. The van der Waals surface area contributed by atoms with Crippen LogP contribution in [0.1, 0.15) is 72.1 Å². The lowest BCUT2D eigenvalue weighted by Crippen LogP contribution is -2.46. The number of carbonyl (C=O) groups excluding carboxylic acids is 2. The Morgan fingerprint density at radius 3 is 1.92 bits per heavy atom. The summed E-state index contributed by atoms with van der Waals surface area (Å²) in [4.78, 5) is 34.4. The van der Waals surface area contributed by atoms with Crippen LogP contribution in [0.15, 0.2) is 60.8 Å². The van der Waals surface area contributed by atoms with Crippen LogP contribution in [0.4, 0.5) is 0 Å². The first kappa shape index (κ1) is 33.6. The van der Waals surface area contributed by atoms with Gasteiger partial charge in [0.15, 0.2) is 0 Å². The van der Waals surface area contributed by atoms with Gasteiger partial charge in [0.2, 0.25) is 5.91 Å². The van der Waals surface area contributed by atoms with E-state index < -0.39 is 29.4 Å². The molecule has 7 nitrogen and oxygen atoms in total. The summed E-state index contributed by atoms with van der Waals surface area (Å²) in [7, 11) is 0. The van der Waals surface area contributed by atoms with E-state index in [-0.39, 0.29) is 26.0 Å². The summed E-state index contributed by atoms with van der Waals surface area (Å²) in [5.41, 5.74) is -1.02. The van der Waals surface area contributed by atoms with Gasteiger partial charge in [-0.2, -0.15) is 0 Å². The first-order chi connectivity index (χ1) is 17.7. The number of carbonyl (C=O) groups is 3. The van der Waals surface area contributed by atoms with E-state index in [0.717, 1.165) is 32.1 Å². The number of carboxylic acids is 1. The second-order valence-electron chi connectivity index (χ2n) is 8.92. The van der Waals surface area contributed by atoms with Gasteiger partial charge in [0, 0.05) is 24.8 Å². The average Bonchev–Trinajstić information content (AvgIpc) is 2.86. The fraction of sp³-hybridized carbons (Fsp3) is 0.500. The van der Waals surface area contributed by atoms with Crippen molar-refractivity contribution in [3.8, 4) is 11.8 Å². The Bertz CT molecular complexity index is 883. The molecule has 0 heterocycles. The van der Waals surface area contributed by atoms with E-state index >= 15 is 0 Å². The molecule has 0 aliphatic heterocycles. The van der Waals surface area contributed by atoms with Crippen LogP contribution in [-0.2, 0) is 19.1 Å². The Kier molecular flexibility index (Phi) is 19.9. The van der Waals surface area contributed by atoms with Gasteiger partial charge in [-0.3, -0.25) is 14.4 Å². The van der Waals surface area contributed by atoms with E-state index in [0.29, 0.717) is 6.42 Å². The number of aliphatic hydroxyl groups is 1. The molecule has 0 aromatic rings. The van der Waals surface area contributed by atoms with E-state index in [1.54, 1.807) is 19.9 Å². The zero-order valence-corrected chi connectivity index (χ0v) is 22.4. The van der Waals surface area contributed by atoms with E-state index in [1.165, 1.54) is 0 Å². The summed E-state index contributed by atoms with van der Waals surface area (Å²) in [5.74, 6) is 4.03. The highest BCUT2D eigenvalue weighted by Crippen LogP contribution is 2.21. The van der Waals surface area contributed by atoms with Crippen LogP contribution < -0.4 is 5.32 Å². The molecule has 0 spiro atoms. The third-order valence-corrected chi connectivity index (χ3v) is 4.97. The van der Waals surface area contributed by atoms with Gasteiger partial charge in [0.25, 0.3) is 0 Å². The van der Waals surface area contributed by atoms with Crippen molar-refractivity contribution >= 4 is 17.8 Å². The lowest BCUT2D eigenvalue weighted by Gasteiger charge is -2.28. The molecule has 3 N–H and O–H groups in total. The Morgan fingerprint density at radius 1 is 0.865 bits per heavy atom. The standard InChI is InChI=1S/C30H43NO6/c1-4-5-6-7-8-9-10-11-12-13-14-15-16-17-18-19-20-21-22-27(34)37-25-30(2,3)28(35)29(36)31-24-23-26(32)33/h5-6,11-12,14-15,17-18,20-21,28,35H,4,7,10,13,16,19,22-25H2,1-3H3,(H,31,36)(H,32,33). The molecular weight excluding hydrogens is 470 g/mol. The highest BCUT2D eigenvalue weighted by atomic mass is 16.5. The van der Waals surface area contributed by atoms with Crippen molar-refractivity contribution in [2.75, 3.05) is 13.2 Å². The number of aliphatic carboxylic acids is 1. The molecule has 0 radical (unpaired) electrons. The monoisotopic (exact) mass is 513 g/mol. The van der Waals surface area contributed by atoms with E-state index in [9.17, 15) is 19.5 Å². The number of aliphatic hydroxyl groups excluding tert-OH is 1. The molecule has 0 saturated carbocycles. The number of rotatable bonds is 18. The molecule has 0 aliphatic rings. The number of nitrogens with one attached hydrogen (secondary N) is 1. The quantitative estimate of drug-likeness (QED) is 0.134. The highest BCUT2D eigenvalue weighted by Gasteiger charge is 2.34. The summed E-state index contributed by atoms with van der Waals surface area (Å²) in [6.07, 6.45) is 23.8. The third-order valence-electron chi connectivity index (χ3n) is 4.97. The molecule has 37 heavy (non-hydrogen) atoms. The maximum absolute atomic E-state index is 11.9. The Balaban J connectivity index is 4.01. The van der Waals surface area contributed by atoms with E-state index in [2.05, 4.69) is 66.6 Å². The van der Waals surface area contributed by atoms with Crippen LogP contribution in [-0.4, -0.2) is 47.3 Å². The lowest BCUT2D eigenvalue weighted by atomic mass is 9.87. The van der Waals surface area contributed by atoms with Gasteiger partial charge in [-0.05, 0) is 25.7 Å². The number of hydrogen-bond donors (Lipinski definition) is 3. The van der Waals surface area contributed by atoms with Crippen molar-refractivity contribution in [2.24, 2.45) is 5.41 Å². The Morgan fingerprint density at radius 2 is 1.38 bits per heavy atom. The number of carboxylic acid groups (broad SMARTS) is 1. The van der Waals surface area contributed by atoms with Crippen molar-refractivity contribution < 1.29 is 29.3 Å². The summed E-state index contributed by atoms with van der Waals surface area (Å²) in [6, 6.07) is 0. The number of esters is 1. The van der Waals surface area contributed by atoms with Gasteiger partial charge in [-0.25, -0.2) is 0 Å². The molecule has 1 amide bonds. The number of amides is 1. The fourth-order valence-corrected chi connectivity index (χ4v) is 2.74. The van der Waals surface area contributed by atoms with Crippen molar-refractivity contribution in [3.63, 3.8) is 0 Å². The van der Waals surface area contributed by atoms with Crippen molar-refractivity contribution in [1.29, 1.82) is 0 Å². The van der Waals surface area contributed by atoms with Crippen LogP contribution >= 0.6 is 0 Å². The lowest BCUT2D eigenvalue weighted by molar-refractivity contribution is -0.152.